The number of ether oxygens (including phenoxy) is 2. The van der Waals surface area contributed by atoms with Crippen LogP contribution in [0.2, 0.25) is 5.02 Å². The largest absolute Gasteiger partial charge is 0.497 e. The van der Waals surface area contributed by atoms with Crippen LogP contribution in [0.5, 0.6) is 5.75 Å². The molecule has 0 aliphatic carbocycles. The summed E-state index contributed by atoms with van der Waals surface area (Å²) in [4.78, 5) is 23.9. The van der Waals surface area contributed by atoms with E-state index in [1.165, 1.54) is 7.11 Å². The van der Waals surface area contributed by atoms with E-state index in [0.717, 1.165) is 0 Å². The number of hydrogen-bond acceptors (Lipinski definition) is 4. The van der Waals surface area contributed by atoms with E-state index in [2.05, 4.69) is 5.32 Å². The van der Waals surface area contributed by atoms with Gasteiger partial charge in [0.1, 0.15) is 18.4 Å². The minimum absolute atomic E-state index is 0.231. The molecule has 6 heteroatoms. The van der Waals surface area contributed by atoms with E-state index in [1.807, 2.05) is 6.07 Å². The maximum Gasteiger partial charge on any atom is 0.326 e. The highest BCUT2D eigenvalue weighted by Gasteiger charge is 2.15. The molecule has 0 aromatic heterocycles. The van der Waals surface area contributed by atoms with Crippen molar-refractivity contribution in [3.8, 4) is 5.75 Å². The van der Waals surface area contributed by atoms with E-state index in [0.29, 0.717) is 21.9 Å². The second-order valence-electron chi connectivity index (χ2n) is 5.07. The van der Waals surface area contributed by atoms with Gasteiger partial charge < -0.3 is 14.8 Å². The Hall–Kier alpha value is -2.53. The van der Waals surface area contributed by atoms with Crippen LogP contribution in [-0.2, 0) is 9.53 Å². The van der Waals surface area contributed by atoms with E-state index in [-0.39, 0.29) is 12.5 Å². The molecule has 0 heterocycles. The van der Waals surface area contributed by atoms with Crippen molar-refractivity contribution in [3.63, 3.8) is 0 Å². The highest BCUT2D eigenvalue weighted by Crippen LogP contribution is 2.24. The van der Waals surface area contributed by atoms with Crippen molar-refractivity contribution in [1.82, 2.24) is 5.32 Å². The van der Waals surface area contributed by atoms with Crippen molar-refractivity contribution >= 4 is 23.5 Å². The Morgan fingerprint density at radius 1 is 1.17 bits per heavy atom. The quantitative estimate of drug-likeness (QED) is 0.813. The second-order valence-corrected chi connectivity index (χ2v) is 5.48. The number of hydrogen-bond donors (Lipinski definition) is 1. The van der Waals surface area contributed by atoms with Gasteiger partial charge in [-0.1, -0.05) is 35.9 Å². The third kappa shape index (κ3) is 4.73. The van der Waals surface area contributed by atoms with Gasteiger partial charge in [0.05, 0.1) is 7.11 Å². The lowest BCUT2D eigenvalue weighted by molar-refractivity contribution is -0.147. The maximum atomic E-state index is 12.0. The molecule has 5 nitrogen and oxygen atoms in total. The number of rotatable bonds is 6. The molecular weight excluding hydrogens is 330 g/mol. The molecule has 0 spiro atoms. The smallest absolute Gasteiger partial charge is 0.326 e. The molecule has 2 aromatic rings. The van der Waals surface area contributed by atoms with E-state index in [4.69, 9.17) is 21.1 Å². The van der Waals surface area contributed by atoms with Gasteiger partial charge in [0.15, 0.2) is 0 Å². The highest BCUT2D eigenvalue weighted by atomic mass is 35.5. The number of esters is 1. The summed E-state index contributed by atoms with van der Waals surface area (Å²) >= 11 is 6.07. The third-order valence-electron chi connectivity index (χ3n) is 3.38. The van der Waals surface area contributed by atoms with Crippen molar-refractivity contribution in [1.29, 1.82) is 0 Å². The zero-order valence-corrected chi connectivity index (χ0v) is 14.2. The lowest BCUT2D eigenvalue weighted by Crippen LogP contribution is -2.31. The molecule has 24 heavy (non-hydrogen) atoms. The molecule has 1 amide bonds. The fraction of sp³-hybridized carbons (Fsp3) is 0.222. The summed E-state index contributed by atoms with van der Waals surface area (Å²) in [7, 11) is 1.52. The standard InChI is InChI=1S/C18H18ClNO4/c1-12(15-8-3-4-9-16(15)19)24-17(21)11-20-18(22)13-6-5-7-14(10-13)23-2/h3-10,12H,11H2,1-2H3,(H,20,22)/t12-/m0/s1. The van der Waals surface area contributed by atoms with Crippen molar-refractivity contribution < 1.29 is 19.1 Å². The van der Waals surface area contributed by atoms with Gasteiger partial charge in [-0.2, -0.15) is 0 Å². The predicted octanol–water partition coefficient (Wildman–Crippen LogP) is 3.38. The summed E-state index contributed by atoms with van der Waals surface area (Å²) < 4.78 is 10.3. The van der Waals surface area contributed by atoms with E-state index in [9.17, 15) is 9.59 Å². The fourth-order valence-corrected chi connectivity index (χ4v) is 2.42. The number of carbonyl (C=O) groups is 2. The molecule has 1 atom stereocenters. The molecule has 2 aromatic carbocycles. The summed E-state index contributed by atoms with van der Waals surface area (Å²) in [6.07, 6.45) is -0.500. The average Bonchev–Trinajstić information content (AvgIpc) is 2.60. The Kier molecular flexibility index (Phi) is 6.21. The minimum Gasteiger partial charge on any atom is -0.497 e. The van der Waals surface area contributed by atoms with Crippen LogP contribution in [0.3, 0.4) is 0 Å². The first kappa shape index (κ1) is 17.8. The second kappa shape index (κ2) is 8.36. The molecule has 0 aliphatic rings. The Balaban J connectivity index is 1.88. The molecule has 0 bridgehead atoms. The minimum atomic E-state index is -0.543. The number of amides is 1. The van der Waals surface area contributed by atoms with Gasteiger partial charge in [-0.05, 0) is 31.2 Å². The molecule has 1 N–H and O–H groups in total. The van der Waals surface area contributed by atoms with Gasteiger partial charge in [-0.15, -0.1) is 0 Å². The molecule has 2 rings (SSSR count). The van der Waals surface area contributed by atoms with Crippen LogP contribution < -0.4 is 10.1 Å². The third-order valence-corrected chi connectivity index (χ3v) is 3.72. The molecule has 0 saturated heterocycles. The average molecular weight is 348 g/mol. The Bertz CT molecular complexity index is 732. The normalized spacial score (nSPS) is 11.5. The van der Waals surface area contributed by atoms with Crippen LogP contribution in [0.1, 0.15) is 28.9 Å². The summed E-state index contributed by atoms with van der Waals surface area (Å²) in [5.41, 5.74) is 1.12. The van der Waals surface area contributed by atoms with Crippen molar-refractivity contribution in [2.24, 2.45) is 0 Å². The number of methoxy groups -OCH3 is 1. The van der Waals surface area contributed by atoms with Gasteiger partial charge in [0, 0.05) is 16.1 Å². The van der Waals surface area contributed by atoms with Gasteiger partial charge in [0.25, 0.3) is 5.91 Å². The molecule has 0 unspecified atom stereocenters. The van der Waals surface area contributed by atoms with Crippen molar-refractivity contribution in [2.45, 2.75) is 13.0 Å². The molecule has 0 fully saturated rings. The predicted molar refractivity (Wildman–Crippen MR) is 91.3 cm³/mol. The Labute approximate surface area is 145 Å². The first-order chi connectivity index (χ1) is 11.5. The zero-order valence-electron chi connectivity index (χ0n) is 13.4. The maximum absolute atomic E-state index is 12.0. The van der Waals surface area contributed by atoms with E-state index >= 15 is 0 Å². The zero-order chi connectivity index (χ0) is 17.5. The number of carbonyl (C=O) groups excluding carboxylic acids is 2. The van der Waals surface area contributed by atoms with E-state index < -0.39 is 12.1 Å². The summed E-state index contributed by atoms with van der Waals surface area (Å²) in [6, 6.07) is 13.8. The van der Waals surface area contributed by atoms with Crippen molar-refractivity contribution in [3.05, 3.63) is 64.7 Å². The highest BCUT2D eigenvalue weighted by molar-refractivity contribution is 6.31. The molecular formula is C18H18ClNO4. The Morgan fingerprint density at radius 2 is 1.92 bits per heavy atom. The summed E-state index contributed by atoms with van der Waals surface area (Å²) in [5.74, 6) is -0.354. The Morgan fingerprint density at radius 3 is 2.62 bits per heavy atom. The lowest BCUT2D eigenvalue weighted by Gasteiger charge is -2.15. The SMILES string of the molecule is COc1cccc(C(=O)NCC(=O)O[C@@H](C)c2ccccc2Cl)c1. The van der Waals surface area contributed by atoms with Crippen LogP contribution in [0.25, 0.3) is 0 Å². The van der Waals surface area contributed by atoms with Gasteiger partial charge in [-0.25, -0.2) is 0 Å². The first-order valence-corrected chi connectivity index (χ1v) is 7.75. The number of halogens is 1. The number of nitrogens with one attached hydrogen (secondary N) is 1. The van der Waals surface area contributed by atoms with Gasteiger partial charge >= 0.3 is 5.97 Å². The van der Waals surface area contributed by atoms with Crippen LogP contribution in [0.4, 0.5) is 0 Å². The van der Waals surface area contributed by atoms with E-state index in [1.54, 1.807) is 49.4 Å². The molecule has 0 saturated carbocycles. The topological polar surface area (TPSA) is 64.6 Å². The lowest BCUT2D eigenvalue weighted by atomic mass is 10.1. The monoisotopic (exact) mass is 347 g/mol. The van der Waals surface area contributed by atoms with Gasteiger partial charge in [-0.3, -0.25) is 9.59 Å². The van der Waals surface area contributed by atoms with Crippen molar-refractivity contribution in [2.75, 3.05) is 13.7 Å². The van der Waals surface area contributed by atoms with Crippen LogP contribution in [0.15, 0.2) is 48.5 Å². The molecule has 126 valence electrons. The molecule has 0 radical (unpaired) electrons. The number of benzene rings is 2. The van der Waals surface area contributed by atoms with Crippen LogP contribution in [-0.4, -0.2) is 25.5 Å². The first-order valence-electron chi connectivity index (χ1n) is 7.37. The summed E-state index contributed by atoms with van der Waals surface area (Å²) in [5, 5.41) is 3.05. The van der Waals surface area contributed by atoms with Crippen LogP contribution in [0, 0.1) is 0 Å². The summed E-state index contributed by atoms with van der Waals surface area (Å²) in [6.45, 7) is 1.49. The molecule has 0 aliphatic heterocycles. The fourth-order valence-electron chi connectivity index (χ4n) is 2.13. The van der Waals surface area contributed by atoms with Crippen LogP contribution >= 0.6 is 11.6 Å². The van der Waals surface area contributed by atoms with Gasteiger partial charge in [0.2, 0.25) is 0 Å².